The first kappa shape index (κ1) is 18.1. The fourth-order valence-electron chi connectivity index (χ4n) is 3.04. The number of carbonyl (C=O) groups excluding carboxylic acids is 1. The van der Waals surface area contributed by atoms with E-state index >= 15 is 0 Å². The monoisotopic (exact) mass is 378 g/mol. The van der Waals surface area contributed by atoms with E-state index in [2.05, 4.69) is 5.32 Å². The number of anilines is 1. The molecule has 1 N–H and O–H groups in total. The summed E-state index contributed by atoms with van der Waals surface area (Å²) in [5.74, 6) is -0.275. The molecule has 0 aliphatic carbocycles. The Bertz CT molecular complexity index is 910. The standard InChI is InChI=1S/C18H22N2O3S2/c1-12-6-7-15(13(2)10-12)19-18(21)16-11-17(14(3)24-16)25(22,23)20-8-4-5-9-20/h6-7,10-11H,4-5,8-9H2,1-3H3,(H,19,21). The molecule has 2 aromatic rings. The molecule has 2 heterocycles. The second-order valence-electron chi connectivity index (χ2n) is 6.41. The Morgan fingerprint density at radius 1 is 1.12 bits per heavy atom. The number of carbonyl (C=O) groups is 1. The molecule has 0 unspecified atom stereocenters. The summed E-state index contributed by atoms with van der Waals surface area (Å²) in [5, 5.41) is 2.88. The zero-order chi connectivity index (χ0) is 18.2. The van der Waals surface area contributed by atoms with Crippen molar-refractivity contribution in [1.82, 2.24) is 4.31 Å². The molecular weight excluding hydrogens is 356 g/mol. The SMILES string of the molecule is Cc1ccc(NC(=O)c2cc(S(=O)(=O)N3CCCC3)c(C)s2)c(C)c1. The van der Waals surface area contributed by atoms with Gasteiger partial charge in [0.05, 0.1) is 9.77 Å². The third-order valence-electron chi connectivity index (χ3n) is 4.41. The second kappa shape index (κ2) is 6.90. The molecule has 1 amide bonds. The number of amides is 1. The highest BCUT2D eigenvalue weighted by atomic mass is 32.2. The average molecular weight is 379 g/mol. The summed E-state index contributed by atoms with van der Waals surface area (Å²) < 4.78 is 27.0. The van der Waals surface area contributed by atoms with Crippen molar-refractivity contribution in [3.63, 3.8) is 0 Å². The lowest BCUT2D eigenvalue weighted by atomic mass is 10.1. The van der Waals surface area contributed by atoms with Crippen LogP contribution in [0.25, 0.3) is 0 Å². The molecule has 3 rings (SSSR count). The number of nitrogens with zero attached hydrogens (tertiary/aromatic N) is 1. The Labute approximate surface area is 152 Å². The maximum absolute atomic E-state index is 12.7. The molecule has 0 saturated carbocycles. The van der Waals surface area contributed by atoms with Crippen molar-refractivity contribution in [3.05, 3.63) is 45.1 Å². The van der Waals surface area contributed by atoms with E-state index in [9.17, 15) is 13.2 Å². The van der Waals surface area contributed by atoms with Crippen molar-refractivity contribution in [2.24, 2.45) is 0 Å². The van der Waals surface area contributed by atoms with Crippen molar-refractivity contribution >= 4 is 33.0 Å². The number of thiophene rings is 1. The van der Waals surface area contributed by atoms with Gasteiger partial charge in [-0.1, -0.05) is 17.7 Å². The number of sulfonamides is 1. The van der Waals surface area contributed by atoms with E-state index in [0.29, 0.717) is 22.8 Å². The largest absolute Gasteiger partial charge is 0.321 e. The van der Waals surface area contributed by atoms with E-state index in [1.165, 1.54) is 21.7 Å². The highest BCUT2D eigenvalue weighted by Gasteiger charge is 2.30. The van der Waals surface area contributed by atoms with Crippen LogP contribution in [-0.4, -0.2) is 31.7 Å². The predicted octanol–water partition coefficient (Wildman–Crippen LogP) is 3.71. The van der Waals surface area contributed by atoms with E-state index < -0.39 is 10.0 Å². The Balaban J connectivity index is 1.85. The minimum absolute atomic E-state index is 0.255. The first-order valence-electron chi connectivity index (χ1n) is 8.28. The van der Waals surface area contributed by atoms with Crippen LogP contribution in [0.15, 0.2) is 29.2 Å². The summed E-state index contributed by atoms with van der Waals surface area (Å²) >= 11 is 1.22. The van der Waals surface area contributed by atoms with Gasteiger partial charge in [-0.2, -0.15) is 4.31 Å². The van der Waals surface area contributed by atoms with Crippen LogP contribution in [0.1, 0.15) is 38.5 Å². The zero-order valence-corrected chi connectivity index (χ0v) is 16.3. The van der Waals surface area contributed by atoms with Gasteiger partial charge in [0.2, 0.25) is 10.0 Å². The lowest BCUT2D eigenvalue weighted by Crippen LogP contribution is -2.28. The molecular formula is C18H22N2O3S2. The van der Waals surface area contributed by atoms with Gasteiger partial charge in [-0.15, -0.1) is 11.3 Å². The smallest absolute Gasteiger partial charge is 0.265 e. The maximum Gasteiger partial charge on any atom is 0.265 e. The van der Waals surface area contributed by atoms with Gasteiger partial charge in [0.15, 0.2) is 0 Å². The van der Waals surface area contributed by atoms with Gasteiger partial charge in [0.25, 0.3) is 5.91 Å². The lowest BCUT2D eigenvalue weighted by molar-refractivity contribution is 0.103. The summed E-state index contributed by atoms with van der Waals surface area (Å²) in [4.78, 5) is 13.9. The zero-order valence-electron chi connectivity index (χ0n) is 14.6. The van der Waals surface area contributed by atoms with Crippen molar-refractivity contribution in [3.8, 4) is 0 Å². The first-order chi connectivity index (χ1) is 11.8. The Hall–Kier alpha value is -1.70. The van der Waals surface area contributed by atoms with Crippen LogP contribution < -0.4 is 5.32 Å². The summed E-state index contributed by atoms with van der Waals surface area (Å²) in [5.41, 5.74) is 2.85. The van der Waals surface area contributed by atoms with Crippen molar-refractivity contribution in [2.45, 2.75) is 38.5 Å². The minimum Gasteiger partial charge on any atom is -0.321 e. The Kier molecular flexibility index (Phi) is 4.99. The van der Waals surface area contributed by atoms with Gasteiger partial charge >= 0.3 is 0 Å². The van der Waals surface area contributed by atoms with E-state index in [4.69, 9.17) is 0 Å². The maximum atomic E-state index is 12.7. The third-order valence-corrected chi connectivity index (χ3v) is 7.61. The molecule has 1 saturated heterocycles. The van der Waals surface area contributed by atoms with E-state index in [1.54, 1.807) is 6.92 Å². The fraction of sp³-hybridized carbons (Fsp3) is 0.389. The molecule has 7 heteroatoms. The number of nitrogens with one attached hydrogen (secondary N) is 1. The number of rotatable bonds is 4. The average Bonchev–Trinajstić information content (AvgIpc) is 3.20. The van der Waals surface area contributed by atoms with Crippen molar-refractivity contribution in [1.29, 1.82) is 0 Å². The predicted molar refractivity (Wildman–Crippen MR) is 101 cm³/mol. The summed E-state index contributed by atoms with van der Waals surface area (Å²) in [6.07, 6.45) is 1.78. The van der Waals surface area contributed by atoms with Gasteiger partial charge in [-0.3, -0.25) is 4.79 Å². The van der Waals surface area contributed by atoms with Crippen LogP contribution in [0.3, 0.4) is 0 Å². The fourth-order valence-corrected chi connectivity index (χ4v) is 6.01. The topological polar surface area (TPSA) is 66.5 Å². The van der Waals surface area contributed by atoms with Crippen LogP contribution in [0.2, 0.25) is 0 Å². The molecule has 25 heavy (non-hydrogen) atoms. The van der Waals surface area contributed by atoms with Crippen LogP contribution in [-0.2, 0) is 10.0 Å². The highest BCUT2D eigenvalue weighted by molar-refractivity contribution is 7.89. The van der Waals surface area contributed by atoms with Crippen LogP contribution >= 0.6 is 11.3 Å². The van der Waals surface area contributed by atoms with Crippen molar-refractivity contribution < 1.29 is 13.2 Å². The van der Waals surface area contributed by atoms with Gasteiger partial charge in [0, 0.05) is 23.7 Å². The van der Waals surface area contributed by atoms with Crippen LogP contribution in [0.4, 0.5) is 5.69 Å². The molecule has 0 radical (unpaired) electrons. The highest BCUT2D eigenvalue weighted by Crippen LogP contribution is 2.30. The summed E-state index contributed by atoms with van der Waals surface area (Å²) in [7, 11) is -3.50. The quantitative estimate of drug-likeness (QED) is 0.882. The minimum atomic E-state index is -3.50. The lowest BCUT2D eigenvalue weighted by Gasteiger charge is -2.14. The molecule has 1 aliphatic rings. The molecule has 1 fully saturated rings. The van der Waals surface area contributed by atoms with E-state index in [1.807, 2.05) is 32.0 Å². The Morgan fingerprint density at radius 2 is 1.80 bits per heavy atom. The molecule has 0 spiro atoms. The van der Waals surface area contributed by atoms with Crippen LogP contribution in [0, 0.1) is 20.8 Å². The van der Waals surface area contributed by atoms with Gasteiger partial charge in [0.1, 0.15) is 0 Å². The molecule has 1 aromatic heterocycles. The second-order valence-corrected chi connectivity index (χ2v) is 9.58. The van der Waals surface area contributed by atoms with Crippen molar-refractivity contribution in [2.75, 3.05) is 18.4 Å². The number of hydrogen-bond donors (Lipinski definition) is 1. The molecule has 5 nitrogen and oxygen atoms in total. The molecule has 0 bridgehead atoms. The number of benzene rings is 1. The third kappa shape index (κ3) is 3.63. The van der Waals surface area contributed by atoms with Gasteiger partial charge in [-0.25, -0.2) is 8.42 Å². The molecule has 134 valence electrons. The Morgan fingerprint density at radius 3 is 2.44 bits per heavy atom. The molecule has 0 atom stereocenters. The number of aryl methyl sites for hydroxylation is 3. The summed E-state index contributed by atoms with van der Waals surface area (Å²) in [6.45, 7) is 6.80. The van der Waals surface area contributed by atoms with E-state index in [0.717, 1.165) is 29.7 Å². The van der Waals surface area contributed by atoms with Crippen LogP contribution in [0.5, 0.6) is 0 Å². The van der Waals surface area contributed by atoms with Gasteiger partial charge in [-0.05, 0) is 51.3 Å². The molecule has 1 aliphatic heterocycles. The normalized spacial score (nSPS) is 15.5. The first-order valence-corrected chi connectivity index (χ1v) is 10.5. The van der Waals surface area contributed by atoms with Gasteiger partial charge < -0.3 is 5.32 Å². The van der Waals surface area contributed by atoms with E-state index in [-0.39, 0.29) is 10.8 Å². The number of hydrogen-bond acceptors (Lipinski definition) is 4. The molecule has 1 aromatic carbocycles. The summed E-state index contributed by atoms with van der Waals surface area (Å²) in [6, 6.07) is 7.31.